The zero-order valence-electron chi connectivity index (χ0n) is 24.0. The van der Waals surface area contributed by atoms with E-state index >= 15 is 0 Å². The fourth-order valence-corrected chi connectivity index (χ4v) is 11.1. The second-order valence-corrected chi connectivity index (χ2v) is 15.6. The SMILES string of the molecule is CNC[C@]12CCC(C)(C)C[C@H]1[C@H]1C(=O)C=C3[C@@]4(C)Cc5cnoc5C(C)(C)[C@@H]4CC[C@@]3(C)[C@]1(C)CC2. The molecular formula is C32H48N2O2. The lowest BCUT2D eigenvalue weighted by molar-refractivity contribution is -0.171. The summed E-state index contributed by atoms with van der Waals surface area (Å²) in [7, 11) is 2.10. The van der Waals surface area contributed by atoms with Gasteiger partial charge in [-0.05, 0) is 103 Å². The van der Waals surface area contributed by atoms with Crippen molar-refractivity contribution < 1.29 is 9.32 Å². The van der Waals surface area contributed by atoms with E-state index in [1.807, 2.05) is 6.20 Å². The summed E-state index contributed by atoms with van der Waals surface area (Å²) in [5.74, 6) is 2.56. The summed E-state index contributed by atoms with van der Waals surface area (Å²) in [5.41, 5.74) is 3.21. The predicted molar refractivity (Wildman–Crippen MR) is 144 cm³/mol. The number of hydrogen-bond donors (Lipinski definition) is 1. The van der Waals surface area contributed by atoms with Crippen LogP contribution in [0.15, 0.2) is 22.4 Å². The summed E-state index contributed by atoms with van der Waals surface area (Å²) in [4.78, 5) is 14.5. The van der Waals surface area contributed by atoms with E-state index < -0.39 is 0 Å². The zero-order chi connectivity index (χ0) is 25.9. The molecule has 1 heterocycles. The molecule has 0 aliphatic heterocycles. The topological polar surface area (TPSA) is 55.1 Å². The molecule has 5 aliphatic rings. The number of fused-ring (bicyclic) bond motifs is 8. The van der Waals surface area contributed by atoms with Crippen LogP contribution in [-0.4, -0.2) is 24.5 Å². The van der Waals surface area contributed by atoms with Crippen molar-refractivity contribution in [3.05, 3.63) is 29.2 Å². The highest BCUT2D eigenvalue weighted by Crippen LogP contribution is 2.74. The maximum atomic E-state index is 14.5. The molecule has 1 aromatic heterocycles. The molecule has 0 amide bonds. The summed E-state index contributed by atoms with van der Waals surface area (Å²) >= 11 is 0. The second-order valence-electron chi connectivity index (χ2n) is 15.6. The van der Waals surface area contributed by atoms with Crippen LogP contribution in [0.3, 0.4) is 0 Å². The van der Waals surface area contributed by atoms with E-state index in [0.717, 1.165) is 18.7 Å². The van der Waals surface area contributed by atoms with E-state index in [-0.39, 0.29) is 33.0 Å². The van der Waals surface area contributed by atoms with Crippen molar-refractivity contribution in [1.29, 1.82) is 0 Å². The van der Waals surface area contributed by atoms with Crippen LogP contribution in [0.4, 0.5) is 0 Å². The minimum Gasteiger partial charge on any atom is -0.361 e. The number of nitrogens with zero attached hydrogens (tertiary/aromatic N) is 1. The molecule has 36 heavy (non-hydrogen) atoms. The smallest absolute Gasteiger partial charge is 0.159 e. The minimum atomic E-state index is -0.0797. The van der Waals surface area contributed by atoms with Gasteiger partial charge >= 0.3 is 0 Å². The van der Waals surface area contributed by atoms with Gasteiger partial charge in [-0.1, -0.05) is 59.2 Å². The van der Waals surface area contributed by atoms with Crippen molar-refractivity contribution >= 4 is 5.78 Å². The first-order valence-electron chi connectivity index (χ1n) is 14.6. The summed E-state index contributed by atoms with van der Waals surface area (Å²) in [5, 5.41) is 7.78. The number of nitrogens with one attached hydrogen (secondary N) is 1. The van der Waals surface area contributed by atoms with Gasteiger partial charge in [-0.2, -0.15) is 0 Å². The number of aromatic nitrogens is 1. The molecule has 198 valence electrons. The third-order valence-corrected chi connectivity index (χ3v) is 13.0. The van der Waals surface area contributed by atoms with Crippen LogP contribution in [0, 0.1) is 44.8 Å². The molecule has 0 unspecified atom stereocenters. The largest absolute Gasteiger partial charge is 0.361 e. The van der Waals surface area contributed by atoms with Crippen LogP contribution in [0.25, 0.3) is 0 Å². The van der Waals surface area contributed by atoms with E-state index in [4.69, 9.17) is 4.52 Å². The van der Waals surface area contributed by atoms with Crippen LogP contribution in [0.5, 0.6) is 0 Å². The highest BCUT2D eigenvalue weighted by atomic mass is 16.5. The van der Waals surface area contributed by atoms with Gasteiger partial charge in [0.25, 0.3) is 0 Å². The van der Waals surface area contributed by atoms with Crippen LogP contribution in [0.2, 0.25) is 0 Å². The molecule has 7 atom stereocenters. The minimum absolute atomic E-state index is 0.0105. The Bertz CT molecular complexity index is 1130. The summed E-state index contributed by atoms with van der Waals surface area (Å²) in [6.45, 7) is 18.1. The monoisotopic (exact) mass is 492 g/mol. The van der Waals surface area contributed by atoms with Gasteiger partial charge in [-0.15, -0.1) is 0 Å². The van der Waals surface area contributed by atoms with Gasteiger partial charge in [0.1, 0.15) is 5.76 Å². The third-order valence-electron chi connectivity index (χ3n) is 13.0. The highest BCUT2D eigenvalue weighted by Gasteiger charge is 2.69. The fraction of sp³-hybridized carbons (Fsp3) is 0.812. The van der Waals surface area contributed by atoms with Crippen LogP contribution in [0.1, 0.15) is 105 Å². The van der Waals surface area contributed by atoms with Gasteiger partial charge in [0.05, 0.1) is 6.20 Å². The van der Waals surface area contributed by atoms with Gasteiger partial charge < -0.3 is 9.84 Å². The Morgan fingerprint density at radius 1 is 1.03 bits per heavy atom. The maximum absolute atomic E-state index is 14.5. The molecule has 3 saturated carbocycles. The zero-order valence-corrected chi connectivity index (χ0v) is 24.0. The Morgan fingerprint density at radius 3 is 2.47 bits per heavy atom. The van der Waals surface area contributed by atoms with E-state index in [1.165, 1.54) is 56.1 Å². The molecule has 6 rings (SSSR count). The molecule has 0 aromatic carbocycles. The Morgan fingerprint density at radius 2 is 1.75 bits per heavy atom. The van der Waals surface area contributed by atoms with E-state index in [1.54, 1.807) is 0 Å². The quantitative estimate of drug-likeness (QED) is 0.488. The normalized spacial score (nSPS) is 46.5. The number of allylic oxidation sites excluding steroid dienone is 2. The average molecular weight is 493 g/mol. The Labute approximate surface area is 218 Å². The highest BCUT2D eigenvalue weighted by molar-refractivity contribution is 5.95. The van der Waals surface area contributed by atoms with Gasteiger partial charge in [-0.3, -0.25) is 4.79 Å². The molecular weight excluding hydrogens is 444 g/mol. The Balaban J connectivity index is 1.49. The molecule has 4 heteroatoms. The molecule has 0 radical (unpaired) electrons. The third kappa shape index (κ3) is 2.91. The first kappa shape index (κ1) is 24.9. The van der Waals surface area contributed by atoms with Crippen molar-refractivity contribution in [3.8, 4) is 0 Å². The molecule has 0 bridgehead atoms. The van der Waals surface area contributed by atoms with E-state index in [0.29, 0.717) is 23.0 Å². The molecule has 0 saturated heterocycles. The van der Waals surface area contributed by atoms with Crippen molar-refractivity contribution in [3.63, 3.8) is 0 Å². The van der Waals surface area contributed by atoms with Gasteiger partial charge in [0.15, 0.2) is 5.78 Å². The number of hydrogen-bond acceptors (Lipinski definition) is 4. The predicted octanol–water partition coefficient (Wildman–Crippen LogP) is 6.89. The maximum Gasteiger partial charge on any atom is 0.159 e. The van der Waals surface area contributed by atoms with Crippen LogP contribution < -0.4 is 5.32 Å². The van der Waals surface area contributed by atoms with Crippen molar-refractivity contribution in [2.75, 3.05) is 13.6 Å². The summed E-state index contributed by atoms with van der Waals surface area (Å²) < 4.78 is 5.82. The number of rotatable bonds is 2. The Kier molecular flexibility index (Phi) is 5.09. The van der Waals surface area contributed by atoms with Crippen molar-refractivity contribution in [1.82, 2.24) is 10.5 Å². The lowest BCUT2D eigenvalue weighted by Crippen LogP contribution is -2.66. The molecule has 5 aliphatic carbocycles. The molecule has 1 N–H and O–H groups in total. The lowest BCUT2D eigenvalue weighted by Gasteiger charge is -2.69. The van der Waals surface area contributed by atoms with Crippen LogP contribution in [-0.2, 0) is 16.6 Å². The molecule has 3 fully saturated rings. The first-order chi connectivity index (χ1) is 16.7. The van der Waals surface area contributed by atoms with Crippen LogP contribution >= 0.6 is 0 Å². The van der Waals surface area contributed by atoms with Gasteiger partial charge in [0.2, 0.25) is 0 Å². The molecule has 4 nitrogen and oxygen atoms in total. The lowest BCUT2D eigenvalue weighted by atomic mass is 9.34. The fourth-order valence-electron chi connectivity index (χ4n) is 11.1. The second kappa shape index (κ2) is 7.36. The average Bonchev–Trinajstić information content (AvgIpc) is 3.25. The van der Waals surface area contributed by atoms with Gasteiger partial charge in [-0.25, -0.2) is 0 Å². The Hall–Kier alpha value is -1.42. The number of carbonyl (C=O) groups is 1. The number of ketones is 1. The van der Waals surface area contributed by atoms with Gasteiger partial charge in [0, 0.05) is 23.4 Å². The van der Waals surface area contributed by atoms with E-state index in [2.05, 4.69) is 72.1 Å². The van der Waals surface area contributed by atoms with E-state index in [9.17, 15) is 4.79 Å². The first-order valence-corrected chi connectivity index (χ1v) is 14.6. The standard InChI is InChI=1S/C32H48N2O2/c1-27(2)11-13-32(19-33-8)14-12-31(7)25(21(32)17-27)22(35)15-24-29(5)16-20-18-34-36-26(20)28(3,4)23(29)9-10-30(24,31)6/h15,18,21,23,25,33H,9-14,16-17,19H2,1-8H3/t21-,23-,25-,29-,30+,31+,32+/m0/s1. The van der Waals surface area contributed by atoms with Crippen molar-refractivity contribution in [2.45, 2.75) is 105 Å². The molecule has 1 aromatic rings. The summed E-state index contributed by atoms with van der Waals surface area (Å²) in [6, 6.07) is 0. The molecule has 0 spiro atoms. The number of carbonyl (C=O) groups excluding carboxylic acids is 1. The summed E-state index contributed by atoms with van der Waals surface area (Å²) in [6.07, 6.45) is 13.6. The van der Waals surface area contributed by atoms with Crippen molar-refractivity contribution in [2.24, 2.45) is 44.8 Å².